The molecule has 0 bridgehead atoms. The maximum absolute atomic E-state index is 13.2. The van der Waals surface area contributed by atoms with Gasteiger partial charge in [0, 0.05) is 23.8 Å². The maximum atomic E-state index is 13.2. The first-order valence-electron chi connectivity index (χ1n) is 8.26. The van der Waals surface area contributed by atoms with Gasteiger partial charge in [-0.15, -0.1) is 11.3 Å². The fourth-order valence-corrected chi connectivity index (χ4v) is 3.99. The van der Waals surface area contributed by atoms with Crippen molar-refractivity contribution in [1.82, 2.24) is 15.1 Å². The Bertz CT molecular complexity index is 805. The van der Waals surface area contributed by atoms with Crippen LogP contribution in [0.3, 0.4) is 0 Å². The quantitative estimate of drug-likeness (QED) is 0.735. The van der Waals surface area contributed by atoms with Gasteiger partial charge in [0.2, 0.25) is 5.91 Å². The molecule has 1 aliphatic carbocycles. The summed E-state index contributed by atoms with van der Waals surface area (Å²) in [6, 6.07) is 12.2. The van der Waals surface area contributed by atoms with E-state index in [4.69, 9.17) is 0 Å². The Kier molecular flexibility index (Phi) is 4.13. The van der Waals surface area contributed by atoms with Crippen molar-refractivity contribution < 1.29 is 9.18 Å². The molecule has 0 spiro atoms. The SMILES string of the molecule is O=C(NC[C@H](c1cccs1)n1cccn1)C1(c2ccc(F)cc2)CC1. The number of carbonyl (C=O) groups excluding carboxylic acids is 1. The zero-order valence-electron chi connectivity index (χ0n) is 13.6. The Labute approximate surface area is 149 Å². The molecule has 25 heavy (non-hydrogen) atoms. The average molecular weight is 355 g/mol. The van der Waals surface area contributed by atoms with E-state index in [0.29, 0.717) is 6.54 Å². The maximum Gasteiger partial charge on any atom is 0.230 e. The first-order valence-corrected chi connectivity index (χ1v) is 9.14. The predicted molar refractivity (Wildman–Crippen MR) is 95.0 cm³/mol. The van der Waals surface area contributed by atoms with Crippen LogP contribution in [0.25, 0.3) is 0 Å². The van der Waals surface area contributed by atoms with Gasteiger partial charge in [-0.1, -0.05) is 18.2 Å². The van der Waals surface area contributed by atoms with Crippen molar-refractivity contribution in [3.63, 3.8) is 0 Å². The molecule has 0 saturated heterocycles. The number of thiophene rings is 1. The lowest BCUT2D eigenvalue weighted by Gasteiger charge is -2.20. The summed E-state index contributed by atoms with van der Waals surface area (Å²) in [4.78, 5) is 14.0. The Hall–Kier alpha value is -2.47. The van der Waals surface area contributed by atoms with E-state index in [1.807, 2.05) is 28.4 Å². The summed E-state index contributed by atoms with van der Waals surface area (Å²) >= 11 is 1.65. The molecule has 1 aliphatic rings. The van der Waals surface area contributed by atoms with E-state index < -0.39 is 5.41 Å². The Morgan fingerprint density at radius 3 is 2.68 bits per heavy atom. The highest BCUT2D eigenvalue weighted by molar-refractivity contribution is 7.10. The van der Waals surface area contributed by atoms with Gasteiger partial charge in [-0.25, -0.2) is 4.39 Å². The molecule has 0 aliphatic heterocycles. The third-order valence-corrected chi connectivity index (χ3v) is 5.73. The number of hydrogen-bond acceptors (Lipinski definition) is 3. The molecule has 4 rings (SSSR count). The molecule has 0 unspecified atom stereocenters. The van der Waals surface area contributed by atoms with Gasteiger partial charge >= 0.3 is 0 Å². The highest BCUT2D eigenvalue weighted by Crippen LogP contribution is 2.48. The van der Waals surface area contributed by atoms with E-state index in [1.165, 1.54) is 12.1 Å². The fourth-order valence-electron chi connectivity index (χ4n) is 3.17. The van der Waals surface area contributed by atoms with Gasteiger partial charge in [-0.2, -0.15) is 5.10 Å². The van der Waals surface area contributed by atoms with Crippen LogP contribution in [0.1, 0.15) is 29.3 Å². The molecule has 2 aromatic heterocycles. The number of hydrogen-bond donors (Lipinski definition) is 1. The van der Waals surface area contributed by atoms with Crippen LogP contribution >= 0.6 is 11.3 Å². The van der Waals surface area contributed by atoms with Crippen molar-refractivity contribution in [3.8, 4) is 0 Å². The van der Waals surface area contributed by atoms with Gasteiger partial charge in [0.1, 0.15) is 11.9 Å². The topological polar surface area (TPSA) is 46.9 Å². The number of benzene rings is 1. The van der Waals surface area contributed by atoms with E-state index in [9.17, 15) is 9.18 Å². The highest BCUT2D eigenvalue weighted by Gasteiger charge is 2.51. The van der Waals surface area contributed by atoms with Crippen LogP contribution in [-0.2, 0) is 10.2 Å². The second-order valence-electron chi connectivity index (χ2n) is 6.32. The molecule has 6 heteroatoms. The smallest absolute Gasteiger partial charge is 0.230 e. The minimum atomic E-state index is -0.502. The molecule has 1 amide bonds. The van der Waals surface area contributed by atoms with Crippen molar-refractivity contribution in [2.24, 2.45) is 0 Å². The molecule has 128 valence electrons. The molecule has 4 nitrogen and oxygen atoms in total. The third kappa shape index (κ3) is 3.09. The summed E-state index contributed by atoms with van der Waals surface area (Å²) in [5.41, 5.74) is 0.385. The number of nitrogens with zero attached hydrogens (tertiary/aromatic N) is 2. The zero-order valence-corrected chi connectivity index (χ0v) is 14.4. The van der Waals surface area contributed by atoms with Crippen molar-refractivity contribution in [1.29, 1.82) is 0 Å². The third-order valence-electron chi connectivity index (χ3n) is 4.75. The van der Waals surface area contributed by atoms with Gasteiger partial charge < -0.3 is 5.32 Å². The Balaban J connectivity index is 1.50. The monoisotopic (exact) mass is 355 g/mol. The summed E-state index contributed by atoms with van der Waals surface area (Å²) in [7, 11) is 0. The van der Waals surface area contributed by atoms with Gasteiger partial charge in [0.15, 0.2) is 0 Å². The second kappa shape index (κ2) is 6.44. The van der Waals surface area contributed by atoms with Crippen LogP contribution < -0.4 is 5.32 Å². The van der Waals surface area contributed by atoms with E-state index in [2.05, 4.69) is 16.5 Å². The van der Waals surface area contributed by atoms with Gasteiger partial charge in [0.05, 0.1) is 5.41 Å². The number of rotatable bonds is 6. The van der Waals surface area contributed by atoms with Gasteiger partial charge in [0.25, 0.3) is 0 Å². The number of nitrogens with one attached hydrogen (secondary N) is 1. The van der Waals surface area contributed by atoms with E-state index >= 15 is 0 Å². The van der Waals surface area contributed by atoms with Crippen LogP contribution in [0.4, 0.5) is 4.39 Å². The van der Waals surface area contributed by atoms with Crippen LogP contribution in [0, 0.1) is 5.82 Å². The highest BCUT2D eigenvalue weighted by atomic mass is 32.1. The van der Waals surface area contributed by atoms with Crippen LogP contribution in [0.2, 0.25) is 0 Å². The minimum absolute atomic E-state index is 0.00724. The molecule has 1 atom stereocenters. The number of amides is 1. The van der Waals surface area contributed by atoms with Gasteiger partial charge in [-0.05, 0) is 48.1 Å². The van der Waals surface area contributed by atoms with Crippen LogP contribution in [0.15, 0.2) is 60.2 Å². The van der Waals surface area contributed by atoms with Crippen LogP contribution in [-0.4, -0.2) is 22.2 Å². The molecular formula is C19H18FN3OS. The van der Waals surface area contributed by atoms with Crippen molar-refractivity contribution >= 4 is 17.2 Å². The van der Waals surface area contributed by atoms with Crippen molar-refractivity contribution in [2.45, 2.75) is 24.3 Å². The molecule has 1 fully saturated rings. The number of carbonyl (C=O) groups is 1. The van der Waals surface area contributed by atoms with E-state index in [0.717, 1.165) is 23.3 Å². The fraction of sp³-hybridized carbons (Fsp3) is 0.263. The van der Waals surface area contributed by atoms with Crippen molar-refractivity contribution in [2.75, 3.05) is 6.54 Å². The molecular weight excluding hydrogens is 337 g/mol. The normalized spacial score (nSPS) is 16.4. The van der Waals surface area contributed by atoms with Crippen LogP contribution in [0.5, 0.6) is 0 Å². The lowest BCUT2D eigenvalue weighted by molar-refractivity contribution is -0.123. The summed E-state index contributed by atoms with van der Waals surface area (Å²) in [5.74, 6) is -0.274. The molecule has 3 aromatic rings. The molecule has 2 heterocycles. The number of halogens is 1. The Morgan fingerprint density at radius 2 is 2.08 bits per heavy atom. The summed E-state index contributed by atoms with van der Waals surface area (Å²) in [6.07, 6.45) is 5.25. The largest absolute Gasteiger partial charge is 0.353 e. The van der Waals surface area contributed by atoms with Crippen molar-refractivity contribution in [3.05, 3.63) is 76.5 Å². The second-order valence-corrected chi connectivity index (χ2v) is 7.30. The summed E-state index contributed by atoms with van der Waals surface area (Å²) < 4.78 is 15.0. The molecule has 1 saturated carbocycles. The minimum Gasteiger partial charge on any atom is -0.353 e. The zero-order chi connectivity index (χ0) is 17.3. The molecule has 0 radical (unpaired) electrons. The Morgan fingerprint density at radius 1 is 1.28 bits per heavy atom. The number of aromatic nitrogens is 2. The van der Waals surface area contributed by atoms with E-state index in [1.54, 1.807) is 29.7 Å². The predicted octanol–water partition coefficient (Wildman–Crippen LogP) is 3.52. The first-order chi connectivity index (χ1) is 12.2. The summed E-state index contributed by atoms with van der Waals surface area (Å²) in [5, 5.41) is 9.44. The first kappa shape index (κ1) is 16.0. The summed E-state index contributed by atoms with van der Waals surface area (Å²) in [6.45, 7) is 0.476. The molecule has 1 N–H and O–H groups in total. The molecule has 1 aromatic carbocycles. The lowest BCUT2D eigenvalue weighted by atomic mass is 9.95. The van der Waals surface area contributed by atoms with E-state index in [-0.39, 0.29) is 17.8 Å². The average Bonchev–Trinajstić information content (AvgIpc) is 3.02. The lowest BCUT2D eigenvalue weighted by Crippen LogP contribution is -2.38. The standard InChI is InChI=1S/C19H18FN3OS/c20-15-6-4-14(5-7-15)19(8-9-19)18(24)21-13-16(17-3-1-12-25-17)23-11-2-10-22-23/h1-7,10-12,16H,8-9,13H2,(H,21,24)/t16-/m1/s1. The van der Waals surface area contributed by atoms with Gasteiger partial charge in [-0.3, -0.25) is 9.48 Å².